The van der Waals surface area contributed by atoms with E-state index in [9.17, 15) is 14.3 Å². The highest BCUT2D eigenvalue weighted by Gasteiger charge is 2.08. The molecule has 1 aromatic rings. The molecule has 1 N–H and O–H groups in total. The van der Waals surface area contributed by atoms with E-state index in [2.05, 4.69) is 4.74 Å². The number of ether oxygens (including phenoxy) is 2. The normalized spacial score (nSPS) is 12.0. The van der Waals surface area contributed by atoms with Crippen molar-refractivity contribution < 1.29 is 23.8 Å². The lowest BCUT2D eigenvalue weighted by atomic mass is 10.1. The van der Waals surface area contributed by atoms with Gasteiger partial charge in [0, 0.05) is 0 Å². The van der Waals surface area contributed by atoms with Crippen molar-refractivity contribution in [3.63, 3.8) is 0 Å². The predicted octanol–water partition coefficient (Wildman–Crippen LogP) is 1.82. The molecule has 1 unspecified atom stereocenters. The van der Waals surface area contributed by atoms with Gasteiger partial charge < -0.3 is 14.6 Å². The Morgan fingerprint density at radius 1 is 1.53 bits per heavy atom. The highest BCUT2D eigenvalue weighted by molar-refractivity contribution is 5.69. The molecular formula is C12H15FO4. The van der Waals surface area contributed by atoms with Crippen molar-refractivity contribution >= 4 is 5.97 Å². The Morgan fingerprint density at radius 2 is 2.24 bits per heavy atom. The van der Waals surface area contributed by atoms with Crippen LogP contribution < -0.4 is 4.74 Å². The molecule has 1 aromatic carbocycles. The lowest BCUT2D eigenvalue weighted by Gasteiger charge is -2.09. The summed E-state index contributed by atoms with van der Waals surface area (Å²) in [5, 5.41) is 9.25. The van der Waals surface area contributed by atoms with Gasteiger partial charge >= 0.3 is 5.97 Å². The number of esters is 1. The van der Waals surface area contributed by atoms with Crippen LogP contribution in [0.1, 0.15) is 25.0 Å². The molecule has 0 aliphatic heterocycles. The smallest absolute Gasteiger partial charge is 0.308 e. The van der Waals surface area contributed by atoms with E-state index in [1.165, 1.54) is 19.2 Å². The second-order valence-corrected chi connectivity index (χ2v) is 3.54. The van der Waals surface area contributed by atoms with Gasteiger partial charge in [-0.2, -0.15) is 0 Å². The third-order valence-electron chi connectivity index (χ3n) is 2.23. The van der Waals surface area contributed by atoms with Gasteiger partial charge in [0.2, 0.25) is 0 Å². The van der Waals surface area contributed by atoms with Crippen LogP contribution in [-0.2, 0) is 9.53 Å². The first-order valence-corrected chi connectivity index (χ1v) is 5.21. The maximum atomic E-state index is 13.5. The number of hydrogen-bond acceptors (Lipinski definition) is 4. The lowest BCUT2D eigenvalue weighted by molar-refractivity contribution is -0.141. The van der Waals surface area contributed by atoms with E-state index in [-0.39, 0.29) is 18.8 Å². The van der Waals surface area contributed by atoms with Crippen molar-refractivity contribution in [1.29, 1.82) is 0 Å². The van der Waals surface area contributed by atoms with Gasteiger partial charge in [0.05, 0.1) is 26.2 Å². The molecule has 0 bridgehead atoms. The summed E-state index contributed by atoms with van der Waals surface area (Å²) in [4.78, 5) is 10.8. The molecular weight excluding hydrogens is 227 g/mol. The maximum absolute atomic E-state index is 13.5. The summed E-state index contributed by atoms with van der Waals surface area (Å²) in [7, 11) is 1.28. The first-order valence-electron chi connectivity index (χ1n) is 5.21. The van der Waals surface area contributed by atoms with E-state index in [4.69, 9.17) is 4.74 Å². The number of benzene rings is 1. The maximum Gasteiger partial charge on any atom is 0.308 e. The number of carbonyl (C=O) groups excluding carboxylic acids is 1. The molecule has 0 aliphatic carbocycles. The van der Waals surface area contributed by atoms with Crippen molar-refractivity contribution in [3.05, 3.63) is 29.6 Å². The molecule has 0 spiro atoms. The van der Waals surface area contributed by atoms with Crippen LogP contribution in [0.4, 0.5) is 4.39 Å². The van der Waals surface area contributed by atoms with E-state index in [0.717, 1.165) is 0 Å². The summed E-state index contributed by atoms with van der Waals surface area (Å²) < 4.78 is 23.0. The summed E-state index contributed by atoms with van der Waals surface area (Å²) in [5.41, 5.74) is 0.475. The molecule has 0 saturated heterocycles. The highest BCUT2D eigenvalue weighted by atomic mass is 19.1. The van der Waals surface area contributed by atoms with Crippen LogP contribution >= 0.6 is 0 Å². The zero-order valence-corrected chi connectivity index (χ0v) is 9.77. The zero-order valence-electron chi connectivity index (χ0n) is 9.77. The standard InChI is InChI=1S/C12H15FO4/c1-8(14)9-3-4-11(10(13)7-9)17-6-5-12(15)16-2/h3-4,7-8,14H,5-6H2,1-2H3. The molecule has 0 heterocycles. The van der Waals surface area contributed by atoms with Gasteiger partial charge in [-0.25, -0.2) is 4.39 Å². The molecule has 1 atom stereocenters. The van der Waals surface area contributed by atoms with E-state index in [0.29, 0.717) is 5.56 Å². The van der Waals surface area contributed by atoms with Crippen LogP contribution in [0.3, 0.4) is 0 Å². The summed E-state index contributed by atoms with van der Waals surface area (Å²) in [6, 6.07) is 4.20. The number of halogens is 1. The number of carbonyl (C=O) groups is 1. The van der Waals surface area contributed by atoms with Gasteiger partial charge in [0.15, 0.2) is 11.6 Å². The molecule has 5 heteroatoms. The largest absolute Gasteiger partial charge is 0.490 e. The number of methoxy groups -OCH3 is 1. The molecule has 0 aliphatic rings. The van der Waals surface area contributed by atoms with E-state index in [1.54, 1.807) is 13.0 Å². The Morgan fingerprint density at radius 3 is 2.76 bits per heavy atom. The number of rotatable bonds is 5. The Labute approximate surface area is 99.0 Å². The van der Waals surface area contributed by atoms with Crippen LogP contribution in [-0.4, -0.2) is 24.8 Å². The number of aliphatic hydroxyl groups excluding tert-OH is 1. The molecule has 0 saturated carbocycles. The Hall–Kier alpha value is -1.62. The Balaban J connectivity index is 2.57. The van der Waals surface area contributed by atoms with Crippen molar-refractivity contribution in [3.8, 4) is 5.75 Å². The second kappa shape index (κ2) is 6.20. The topological polar surface area (TPSA) is 55.8 Å². The van der Waals surface area contributed by atoms with Crippen LogP contribution in [0.2, 0.25) is 0 Å². The monoisotopic (exact) mass is 242 g/mol. The molecule has 0 radical (unpaired) electrons. The van der Waals surface area contributed by atoms with Crippen LogP contribution in [0.25, 0.3) is 0 Å². The lowest BCUT2D eigenvalue weighted by Crippen LogP contribution is -2.08. The molecule has 17 heavy (non-hydrogen) atoms. The summed E-state index contributed by atoms with van der Waals surface area (Å²) in [6.45, 7) is 1.60. The van der Waals surface area contributed by atoms with E-state index >= 15 is 0 Å². The molecule has 0 fully saturated rings. The van der Waals surface area contributed by atoms with Gasteiger partial charge in [-0.15, -0.1) is 0 Å². The fraction of sp³-hybridized carbons (Fsp3) is 0.417. The average Bonchev–Trinajstić information content (AvgIpc) is 2.30. The quantitative estimate of drug-likeness (QED) is 0.800. The fourth-order valence-corrected chi connectivity index (χ4v) is 1.24. The minimum atomic E-state index is -0.728. The fourth-order valence-electron chi connectivity index (χ4n) is 1.24. The molecule has 4 nitrogen and oxygen atoms in total. The van der Waals surface area contributed by atoms with Crippen LogP contribution in [0.15, 0.2) is 18.2 Å². The minimum Gasteiger partial charge on any atom is -0.490 e. The number of hydrogen-bond donors (Lipinski definition) is 1. The predicted molar refractivity (Wildman–Crippen MR) is 59.2 cm³/mol. The summed E-state index contributed by atoms with van der Waals surface area (Å²) in [5.74, 6) is -0.919. The van der Waals surface area contributed by atoms with E-state index < -0.39 is 17.9 Å². The van der Waals surface area contributed by atoms with Crippen molar-refractivity contribution in [2.24, 2.45) is 0 Å². The molecule has 1 rings (SSSR count). The van der Waals surface area contributed by atoms with Gasteiger partial charge in [-0.05, 0) is 24.6 Å². The Bertz CT molecular complexity index is 390. The van der Waals surface area contributed by atoms with Gasteiger partial charge in [0.1, 0.15) is 0 Å². The zero-order chi connectivity index (χ0) is 12.8. The van der Waals surface area contributed by atoms with Crippen LogP contribution in [0.5, 0.6) is 5.75 Å². The van der Waals surface area contributed by atoms with Gasteiger partial charge in [0.25, 0.3) is 0 Å². The number of aliphatic hydroxyl groups is 1. The average molecular weight is 242 g/mol. The summed E-state index contributed by atoms with van der Waals surface area (Å²) in [6.07, 6.45) is -0.665. The second-order valence-electron chi connectivity index (χ2n) is 3.54. The van der Waals surface area contributed by atoms with Crippen molar-refractivity contribution in [1.82, 2.24) is 0 Å². The molecule has 0 amide bonds. The first-order chi connectivity index (χ1) is 8.04. The summed E-state index contributed by atoms with van der Waals surface area (Å²) >= 11 is 0. The van der Waals surface area contributed by atoms with E-state index in [1.807, 2.05) is 0 Å². The van der Waals surface area contributed by atoms with Crippen molar-refractivity contribution in [2.75, 3.05) is 13.7 Å². The highest BCUT2D eigenvalue weighted by Crippen LogP contribution is 2.21. The third kappa shape index (κ3) is 4.03. The molecule has 0 aromatic heterocycles. The van der Waals surface area contributed by atoms with Crippen LogP contribution in [0, 0.1) is 5.82 Å². The minimum absolute atomic E-state index is 0.0532. The SMILES string of the molecule is COC(=O)CCOc1ccc(C(C)O)cc1F. The first kappa shape index (κ1) is 13.4. The Kier molecular flexibility index (Phi) is 4.90. The van der Waals surface area contributed by atoms with Gasteiger partial charge in [-0.3, -0.25) is 4.79 Å². The van der Waals surface area contributed by atoms with Crippen molar-refractivity contribution in [2.45, 2.75) is 19.4 Å². The van der Waals surface area contributed by atoms with Gasteiger partial charge in [-0.1, -0.05) is 6.07 Å². The third-order valence-corrected chi connectivity index (χ3v) is 2.23. The molecule has 94 valence electrons.